The molecule has 0 amide bonds. The highest BCUT2D eigenvalue weighted by Crippen LogP contribution is 2.16. The van der Waals surface area contributed by atoms with E-state index in [0.717, 1.165) is 12.2 Å². The van der Waals surface area contributed by atoms with Crippen LogP contribution >= 0.6 is 0 Å². The first-order valence-electron chi connectivity index (χ1n) is 5.91. The summed E-state index contributed by atoms with van der Waals surface area (Å²) in [6.45, 7) is 7.30. The van der Waals surface area contributed by atoms with Gasteiger partial charge in [-0.2, -0.15) is 0 Å². The van der Waals surface area contributed by atoms with Crippen LogP contribution in [0.4, 0.5) is 0 Å². The van der Waals surface area contributed by atoms with E-state index in [4.69, 9.17) is 9.15 Å². The monoisotopic (exact) mass is 225 g/mol. The SMILES string of the molecule is COCC(NC(C)CC(C)C)c1ccco1. The molecule has 0 fully saturated rings. The molecule has 92 valence electrons. The lowest BCUT2D eigenvalue weighted by atomic mass is 10.0. The number of methoxy groups -OCH3 is 1. The molecule has 3 nitrogen and oxygen atoms in total. The summed E-state index contributed by atoms with van der Waals surface area (Å²) >= 11 is 0. The lowest BCUT2D eigenvalue weighted by Gasteiger charge is -2.22. The summed E-state index contributed by atoms with van der Waals surface area (Å²) in [6.07, 6.45) is 2.85. The second-order valence-corrected chi connectivity index (χ2v) is 4.72. The Morgan fingerprint density at radius 2 is 2.12 bits per heavy atom. The molecule has 0 aliphatic heterocycles. The number of rotatable bonds is 7. The zero-order valence-electron chi connectivity index (χ0n) is 10.7. The number of nitrogens with one attached hydrogen (secondary N) is 1. The van der Waals surface area contributed by atoms with Crippen LogP contribution in [0.2, 0.25) is 0 Å². The third-order valence-electron chi connectivity index (χ3n) is 2.53. The first-order valence-corrected chi connectivity index (χ1v) is 5.91. The van der Waals surface area contributed by atoms with Gasteiger partial charge in [-0.1, -0.05) is 13.8 Å². The summed E-state index contributed by atoms with van der Waals surface area (Å²) in [7, 11) is 1.71. The minimum atomic E-state index is 0.147. The van der Waals surface area contributed by atoms with Crippen molar-refractivity contribution in [3.63, 3.8) is 0 Å². The maximum atomic E-state index is 5.41. The van der Waals surface area contributed by atoms with Gasteiger partial charge < -0.3 is 14.5 Å². The largest absolute Gasteiger partial charge is 0.468 e. The molecule has 0 aliphatic rings. The lowest BCUT2D eigenvalue weighted by Crippen LogP contribution is -2.33. The van der Waals surface area contributed by atoms with Crippen molar-refractivity contribution >= 4 is 0 Å². The lowest BCUT2D eigenvalue weighted by molar-refractivity contribution is 0.149. The second kappa shape index (κ2) is 6.71. The van der Waals surface area contributed by atoms with Crippen LogP contribution in [0.15, 0.2) is 22.8 Å². The van der Waals surface area contributed by atoms with E-state index in [9.17, 15) is 0 Å². The Labute approximate surface area is 98.2 Å². The minimum Gasteiger partial charge on any atom is -0.468 e. The van der Waals surface area contributed by atoms with E-state index < -0.39 is 0 Å². The van der Waals surface area contributed by atoms with Crippen LogP contribution in [0, 0.1) is 5.92 Å². The number of ether oxygens (including phenoxy) is 1. The van der Waals surface area contributed by atoms with Crippen molar-refractivity contribution in [2.75, 3.05) is 13.7 Å². The van der Waals surface area contributed by atoms with E-state index in [1.54, 1.807) is 13.4 Å². The molecule has 1 heterocycles. The van der Waals surface area contributed by atoms with Crippen LogP contribution in [0.25, 0.3) is 0 Å². The summed E-state index contributed by atoms with van der Waals surface area (Å²) < 4.78 is 10.6. The van der Waals surface area contributed by atoms with Crippen molar-refractivity contribution in [1.29, 1.82) is 0 Å². The third-order valence-corrected chi connectivity index (χ3v) is 2.53. The molecule has 0 aliphatic carbocycles. The van der Waals surface area contributed by atoms with Crippen molar-refractivity contribution in [3.05, 3.63) is 24.2 Å². The van der Waals surface area contributed by atoms with Crippen LogP contribution < -0.4 is 5.32 Å². The average molecular weight is 225 g/mol. The van der Waals surface area contributed by atoms with Gasteiger partial charge in [-0.15, -0.1) is 0 Å². The quantitative estimate of drug-likeness (QED) is 0.774. The van der Waals surface area contributed by atoms with Gasteiger partial charge in [0.05, 0.1) is 18.9 Å². The summed E-state index contributed by atoms with van der Waals surface area (Å²) in [5, 5.41) is 3.53. The molecule has 0 aromatic carbocycles. The second-order valence-electron chi connectivity index (χ2n) is 4.72. The molecule has 2 unspecified atom stereocenters. The zero-order chi connectivity index (χ0) is 12.0. The number of hydrogen-bond acceptors (Lipinski definition) is 3. The van der Waals surface area contributed by atoms with Crippen molar-refractivity contribution in [3.8, 4) is 0 Å². The van der Waals surface area contributed by atoms with Crippen LogP contribution in [-0.2, 0) is 4.74 Å². The standard InChI is InChI=1S/C13H23NO2/c1-10(2)8-11(3)14-12(9-15-4)13-6-5-7-16-13/h5-7,10-12,14H,8-9H2,1-4H3. The Morgan fingerprint density at radius 3 is 2.62 bits per heavy atom. The molecule has 2 atom stereocenters. The summed E-state index contributed by atoms with van der Waals surface area (Å²) in [5.74, 6) is 1.64. The summed E-state index contributed by atoms with van der Waals surface area (Å²) in [5.41, 5.74) is 0. The Kier molecular flexibility index (Phi) is 5.56. The molecule has 0 spiro atoms. The van der Waals surface area contributed by atoms with Crippen LogP contribution in [0.3, 0.4) is 0 Å². The maximum absolute atomic E-state index is 5.41. The van der Waals surface area contributed by atoms with E-state index >= 15 is 0 Å². The van der Waals surface area contributed by atoms with Crippen LogP contribution in [-0.4, -0.2) is 19.8 Å². The molecular formula is C13H23NO2. The Balaban J connectivity index is 2.51. The van der Waals surface area contributed by atoms with Gasteiger partial charge in [0, 0.05) is 13.2 Å². The highest BCUT2D eigenvalue weighted by Gasteiger charge is 2.17. The molecule has 3 heteroatoms. The fraction of sp³-hybridized carbons (Fsp3) is 0.692. The van der Waals surface area contributed by atoms with Gasteiger partial charge in [-0.25, -0.2) is 0 Å². The van der Waals surface area contributed by atoms with E-state index in [2.05, 4.69) is 26.1 Å². The Hall–Kier alpha value is -0.800. The fourth-order valence-electron chi connectivity index (χ4n) is 1.99. The molecule has 16 heavy (non-hydrogen) atoms. The zero-order valence-corrected chi connectivity index (χ0v) is 10.7. The summed E-state index contributed by atoms with van der Waals surface area (Å²) in [6, 6.07) is 4.50. The van der Waals surface area contributed by atoms with Crippen molar-refractivity contribution in [1.82, 2.24) is 5.32 Å². The molecule has 1 rings (SSSR count). The Morgan fingerprint density at radius 1 is 1.38 bits per heavy atom. The summed E-state index contributed by atoms with van der Waals surface area (Å²) in [4.78, 5) is 0. The number of furan rings is 1. The molecule has 0 radical (unpaired) electrons. The molecule has 0 bridgehead atoms. The average Bonchev–Trinajstić information content (AvgIpc) is 2.68. The molecule has 1 aromatic heterocycles. The van der Waals surface area contributed by atoms with Gasteiger partial charge in [0.15, 0.2) is 0 Å². The van der Waals surface area contributed by atoms with E-state index in [1.165, 1.54) is 0 Å². The fourth-order valence-corrected chi connectivity index (χ4v) is 1.99. The Bertz CT molecular complexity index is 269. The molecular weight excluding hydrogens is 202 g/mol. The first-order chi connectivity index (χ1) is 7.63. The van der Waals surface area contributed by atoms with Gasteiger partial charge in [0.25, 0.3) is 0 Å². The normalized spacial score (nSPS) is 15.3. The van der Waals surface area contributed by atoms with E-state index in [-0.39, 0.29) is 6.04 Å². The van der Waals surface area contributed by atoms with E-state index in [1.807, 2.05) is 12.1 Å². The number of hydrogen-bond donors (Lipinski definition) is 1. The maximum Gasteiger partial charge on any atom is 0.123 e. The van der Waals surface area contributed by atoms with Crippen LogP contribution in [0.1, 0.15) is 39.0 Å². The van der Waals surface area contributed by atoms with Crippen molar-refractivity contribution in [2.45, 2.75) is 39.3 Å². The van der Waals surface area contributed by atoms with Gasteiger partial charge >= 0.3 is 0 Å². The minimum absolute atomic E-state index is 0.147. The molecule has 1 aromatic rings. The topological polar surface area (TPSA) is 34.4 Å². The van der Waals surface area contributed by atoms with Gasteiger partial charge in [0.1, 0.15) is 5.76 Å². The van der Waals surface area contributed by atoms with Crippen LogP contribution in [0.5, 0.6) is 0 Å². The first kappa shape index (κ1) is 13.3. The smallest absolute Gasteiger partial charge is 0.123 e. The van der Waals surface area contributed by atoms with Crippen molar-refractivity contribution in [2.24, 2.45) is 5.92 Å². The van der Waals surface area contributed by atoms with Gasteiger partial charge in [-0.05, 0) is 31.4 Å². The van der Waals surface area contributed by atoms with Gasteiger partial charge in [0.2, 0.25) is 0 Å². The van der Waals surface area contributed by atoms with Gasteiger partial charge in [-0.3, -0.25) is 0 Å². The molecule has 0 saturated heterocycles. The highest BCUT2D eigenvalue weighted by molar-refractivity contribution is 5.04. The highest BCUT2D eigenvalue weighted by atomic mass is 16.5. The predicted octanol–water partition coefficient (Wildman–Crippen LogP) is 2.99. The van der Waals surface area contributed by atoms with E-state index in [0.29, 0.717) is 18.6 Å². The molecule has 0 saturated carbocycles. The predicted molar refractivity (Wildman–Crippen MR) is 65.4 cm³/mol. The molecule has 1 N–H and O–H groups in total. The third kappa shape index (κ3) is 4.37. The van der Waals surface area contributed by atoms with Crippen molar-refractivity contribution < 1.29 is 9.15 Å².